The number of hydrogen-bond donors (Lipinski definition) is 0. The van der Waals surface area contributed by atoms with Gasteiger partial charge in [0.1, 0.15) is 0 Å². The van der Waals surface area contributed by atoms with Crippen molar-refractivity contribution in [3.8, 4) is 0 Å². The van der Waals surface area contributed by atoms with E-state index in [1.54, 1.807) is 0 Å². The van der Waals surface area contributed by atoms with Crippen molar-refractivity contribution >= 4 is 18.2 Å². The Hall–Kier alpha value is -1.56. The molecule has 0 amide bonds. The van der Waals surface area contributed by atoms with Crippen molar-refractivity contribution in [1.29, 1.82) is 0 Å². The largest absolute Gasteiger partial charge is 0.0984 e. The third-order valence-electron chi connectivity index (χ3n) is 3.62. The van der Waals surface area contributed by atoms with Gasteiger partial charge in [-0.25, -0.2) is 0 Å². The van der Waals surface area contributed by atoms with Crippen molar-refractivity contribution in [1.82, 2.24) is 0 Å². The van der Waals surface area contributed by atoms with Crippen LogP contribution in [0.1, 0.15) is 54.2 Å². The molecule has 18 heavy (non-hydrogen) atoms. The Kier molecular flexibility index (Phi) is 5.15. The first-order valence-electron chi connectivity index (χ1n) is 6.77. The highest BCUT2D eigenvalue weighted by molar-refractivity contribution is 5.75. The Balaban J connectivity index is 3.88. The summed E-state index contributed by atoms with van der Waals surface area (Å²) in [5.41, 5.74) is 7.96. The molecule has 0 N–H and O–H groups in total. The first-order valence-corrected chi connectivity index (χ1v) is 6.77. The average molecular weight is 240 g/mol. The second-order valence-corrected chi connectivity index (χ2v) is 4.35. The van der Waals surface area contributed by atoms with Crippen molar-refractivity contribution in [3.63, 3.8) is 0 Å². The van der Waals surface area contributed by atoms with Crippen molar-refractivity contribution in [2.45, 2.75) is 40.0 Å². The Morgan fingerprint density at radius 2 is 0.833 bits per heavy atom. The fraction of sp³-hybridized carbons (Fsp3) is 0.333. The van der Waals surface area contributed by atoms with Gasteiger partial charge in [-0.15, -0.1) is 0 Å². The smallest absolute Gasteiger partial charge is 0.0186 e. The van der Waals surface area contributed by atoms with Crippen LogP contribution in [0.2, 0.25) is 0 Å². The predicted octanol–water partition coefficient (Wildman–Crippen LogP) is 5.30. The molecular weight excluding hydrogens is 216 g/mol. The Labute approximate surface area is 112 Å². The SMILES string of the molecule is C=Cc1c(CC)c(C=C)c(CC)c(C=C)c1CC. The van der Waals surface area contributed by atoms with Gasteiger partial charge < -0.3 is 0 Å². The van der Waals surface area contributed by atoms with Crippen LogP contribution in [-0.4, -0.2) is 0 Å². The molecule has 1 aromatic rings. The van der Waals surface area contributed by atoms with Gasteiger partial charge in [-0.2, -0.15) is 0 Å². The maximum Gasteiger partial charge on any atom is -0.0186 e. The van der Waals surface area contributed by atoms with Crippen molar-refractivity contribution in [3.05, 3.63) is 53.1 Å². The van der Waals surface area contributed by atoms with Crippen LogP contribution >= 0.6 is 0 Å². The number of benzene rings is 1. The first kappa shape index (κ1) is 14.5. The van der Waals surface area contributed by atoms with Gasteiger partial charge in [0.15, 0.2) is 0 Å². The Morgan fingerprint density at radius 1 is 0.611 bits per heavy atom. The van der Waals surface area contributed by atoms with E-state index in [4.69, 9.17) is 0 Å². The van der Waals surface area contributed by atoms with Gasteiger partial charge in [-0.3, -0.25) is 0 Å². The van der Waals surface area contributed by atoms with E-state index in [9.17, 15) is 0 Å². The highest BCUT2D eigenvalue weighted by Gasteiger charge is 2.16. The molecule has 0 aliphatic rings. The predicted molar refractivity (Wildman–Crippen MR) is 84.8 cm³/mol. The summed E-state index contributed by atoms with van der Waals surface area (Å²) >= 11 is 0. The molecule has 0 radical (unpaired) electrons. The Morgan fingerprint density at radius 3 is 0.944 bits per heavy atom. The van der Waals surface area contributed by atoms with Gasteiger partial charge in [-0.1, -0.05) is 58.7 Å². The van der Waals surface area contributed by atoms with E-state index in [1.165, 1.54) is 33.4 Å². The molecule has 0 fully saturated rings. The van der Waals surface area contributed by atoms with Crippen LogP contribution in [0.15, 0.2) is 19.7 Å². The minimum atomic E-state index is 1.01. The zero-order chi connectivity index (χ0) is 13.7. The minimum Gasteiger partial charge on any atom is -0.0984 e. The fourth-order valence-corrected chi connectivity index (χ4v) is 2.86. The second kappa shape index (κ2) is 6.39. The van der Waals surface area contributed by atoms with E-state index in [0.717, 1.165) is 19.3 Å². The first-order chi connectivity index (χ1) is 8.69. The lowest BCUT2D eigenvalue weighted by Gasteiger charge is -2.21. The zero-order valence-electron chi connectivity index (χ0n) is 12.0. The van der Waals surface area contributed by atoms with E-state index >= 15 is 0 Å². The molecule has 0 saturated heterocycles. The van der Waals surface area contributed by atoms with E-state index in [0.29, 0.717) is 0 Å². The van der Waals surface area contributed by atoms with E-state index in [1.807, 2.05) is 18.2 Å². The van der Waals surface area contributed by atoms with E-state index < -0.39 is 0 Å². The molecular formula is C18H24. The Bertz CT molecular complexity index is 383. The molecule has 0 nitrogen and oxygen atoms in total. The molecule has 0 aliphatic carbocycles. The average Bonchev–Trinajstić information content (AvgIpc) is 2.43. The minimum absolute atomic E-state index is 1.01. The molecule has 0 bridgehead atoms. The molecule has 1 aromatic carbocycles. The van der Waals surface area contributed by atoms with E-state index in [-0.39, 0.29) is 0 Å². The van der Waals surface area contributed by atoms with Gasteiger partial charge >= 0.3 is 0 Å². The molecule has 0 atom stereocenters. The lowest BCUT2D eigenvalue weighted by atomic mass is 9.83. The molecule has 0 saturated carbocycles. The summed E-state index contributed by atoms with van der Waals surface area (Å²) in [6.45, 7) is 18.5. The third kappa shape index (κ3) is 2.20. The summed E-state index contributed by atoms with van der Waals surface area (Å²) < 4.78 is 0. The lowest BCUT2D eigenvalue weighted by Crippen LogP contribution is -2.06. The quantitative estimate of drug-likeness (QED) is 0.632. The molecule has 0 heteroatoms. The zero-order valence-corrected chi connectivity index (χ0v) is 12.0. The standard InChI is InChI=1S/C18H24/c1-7-13-14(8-2)16(10-4)18(12-6)17(11-5)15(13)9-3/h7,10-11H,1,4-5,8-9,12H2,2-3,6H3. The molecule has 0 unspecified atom stereocenters. The van der Waals surface area contributed by atoms with Gasteiger partial charge in [0, 0.05) is 0 Å². The number of hydrogen-bond acceptors (Lipinski definition) is 0. The van der Waals surface area contributed by atoms with E-state index in [2.05, 4.69) is 40.5 Å². The summed E-state index contributed by atoms with van der Waals surface area (Å²) in [7, 11) is 0. The molecule has 0 heterocycles. The van der Waals surface area contributed by atoms with Crippen LogP contribution in [-0.2, 0) is 19.3 Å². The maximum atomic E-state index is 3.99. The van der Waals surface area contributed by atoms with Crippen molar-refractivity contribution in [2.24, 2.45) is 0 Å². The van der Waals surface area contributed by atoms with Gasteiger partial charge in [0.05, 0.1) is 0 Å². The molecule has 0 spiro atoms. The van der Waals surface area contributed by atoms with Crippen LogP contribution in [0, 0.1) is 0 Å². The molecule has 0 aromatic heterocycles. The highest BCUT2D eigenvalue weighted by atomic mass is 14.2. The fourth-order valence-electron chi connectivity index (χ4n) is 2.86. The van der Waals surface area contributed by atoms with Crippen molar-refractivity contribution in [2.75, 3.05) is 0 Å². The van der Waals surface area contributed by atoms with Crippen molar-refractivity contribution < 1.29 is 0 Å². The lowest BCUT2D eigenvalue weighted by molar-refractivity contribution is 1.02. The van der Waals surface area contributed by atoms with Crippen LogP contribution < -0.4 is 0 Å². The third-order valence-corrected chi connectivity index (χ3v) is 3.62. The van der Waals surface area contributed by atoms with Crippen LogP contribution in [0.3, 0.4) is 0 Å². The summed E-state index contributed by atoms with van der Waals surface area (Å²) in [6.07, 6.45) is 8.99. The monoisotopic (exact) mass is 240 g/mol. The summed E-state index contributed by atoms with van der Waals surface area (Å²) in [4.78, 5) is 0. The van der Waals surface area contributed by atoms with Gasteiger partial charge in [-0.05, 0) is 52.6 Å². The topological polar surface area (TPSA) is 0 Å². The summed E-state index contributed by atoms with van der Waals surface area (Å²) in [5, 5.41) is 0. The molecule has 96 valence electrons. The van der Waals surface area contributed by atoms with Crippen LogP contribution in [0.25, 0.3) is 18.2 Å². The molecule has 0 aliphatic heterocycles. The second-order valence-electron chi connectivity index (χ2n) is 4.35. The van der Waals surface area contributed by atoms with Crippen LogP contribution in [0.5, 0.6) is 0 Å². The summed E-state index contributed by atoms with van der Waals surface area (Å²) in [6, 6.07) is 0. The highest BCUT2D eigenvalue weighted by Crippen LogP contribution is 2.32. The van der Waals surface area contributed by atoms with Gasteiger partial charge in [0.2, 0.25) is 0 Å². The summed E-state index contributed by atoms with van der Waals surface area (Å²) in [5.74, 6) is 0. The number of rotatable bonds is 6. The molecule has 1 rings (SSSR count). The van der Waals surface area contributed by atoms with Crippen LogP contribution in [0.4, 0.5) is 0 Å². The maximum absolute atomic E-state index is 3.99. The normalized spacial score (nSPS) is 10.2. The van der Waals surface area contributed by atoms with Gasteiger partial charge in [0.25, 0.3) is 0 Å².